The number of carbonyl (C=O) groups is 1. The topological polar surface area (TPSA) is 85.6 Å². The molecule has 3 atom stereocenters. The van der Waals surface area contributed by atoms with Crippen LogP contribution in [0.3, 0.4) is 0 Å². The van der Waals surface area contributed by atoms with Crippen LogP contribution >= 0.6 is 41.5 Å². The number of hydrogen-bond acceptors (Lipinski definition) is 5. The normalized spacial score (nSPS) is 20.6. The molecular weight excluding hydrogens is 656 g/mol. The smallest absolute Gasteiger partial charge is 0.255 e. The zero-order valence-corrected chi connectivity index (χ0v) is 24.0. The first-order valence-electron chi connectivity index (χ1n) is 11.0. The van der Waals surface area contributed by atoms with Gasteiger partial charge in [-0.3, -0.25) is 9.69 Å². The molecule has 1 aliphatic heterocycles. The first-order valence-corrected chi connectivity index (χ1v) is 16.6. The molecule has 1 aliphatic rings. The highest BCUT2D eigenvalue weighted by Crippen LogP contribution is 2.32. The fourth-order valence-corrected chi connectivity index (χ4v) is 7.02. The average molecular weight is 687 g/mol. The van der Waals surface area contributed by atoms with Gasteiger partial charge in [-0.15, -0.1) is 0 Å². The van der Waals surface area contributed by atoms with E-state index in [0.29, 0.717) is 16.8 Å². The number of carbonyl (C=O) groups excluding carboxylic acids is 1. The number of nitrogens with zero attached hydrogens (tertiary/aromatic N) is 2. The molecule has 0 aliphatic carbocycles. The molecule has 1 amide bonds. The fraction of sp³-hybridized carbons (Fsp3) is 0.385. The Morgan fingerprint density at radius 2 is 1.91 bits per heavy atom. The van der Waals surface area contributed by atoms with Crippen molar-refractivity contribution in [1.82, 2.24) is 4.90 Å². The second-order valence-corrected chi connectivity index (χ2v) is 15.2. The molecule has 1 unspecified atom stereocenters. The number of piperidine rings is 1. The maximum Gasteiger partial charge on any atom is 0.255 e. The van der Waals surface area contributed by atoms with Crippen molar-refractivity contribution in [3.8, 4) is 11.8 Å². The van der Waals surface area contributed by atoms with E-state index >= 15 is 0 Å². The van der Waals surface area contributed by atoms with E-state index in [9.17, 15) is 9.90 Å². The molecule has 1 saturated heterocycles. The lowest BCUT2D eigenvalue weighted by molar-refractivity contribution is -0.0109. The number of nitriles is 1. The van der Waals surface area contributed by atoms with Crippen molar-refractivity contribution in [3.63, 3.8) is 0 Å². The number of aliphatic hydroxyl groups is 1. The predicted molar refractivity (Wildman–Crippen MR) is 157 cm³/mol. The first-order chi connectivity index (χ1) is 16.2. The maximum atomic E-state index is 12.9. The Morgan fingerprint density at radius 3 is 2.50 bits per heavy atom. The van der Waals surface area contributed by atoms with Gasteiger partial charge in [0.05, 0.1) is 17.7 Å². The minimum Gasteiger partial charge on any atom is -0.471 e. The highest BCUT2D eigenvalue weighted by atomic mass is 127. The van der Waals surface area contributed by atoms with E-state index in [2.05, 4.69) is 39.2 Å². The molecule has 0 radical (unpaired) electrons. The Morgan fingerprint density at radius 1 is 1.24 bits per heavy atom. The van der Waals surface area contributed by atoms with Crippen molar-refractivity contribution in [2.24, 2.45) is 11.8 Å². The van der Waals surface area contributed by atoms with Gasteiger partial charge in [-0.05, 0) is 48.6 Å². The van der Waals surface area contributed by atoms with Gasteiger partial charge in [0, 0.05) is 42.5 Å². The molecular formula is C26H31I2N3O3. The Kier molecular flexibility index (Phi) is 9.76. The van der Waals surface area contributed by atoms with Crippen LogP contribution in [0.1, 0.15) is 40.9 Å². The monoisotopic (exact) mass is 687 g/mol. The molecule has 182 valence electrons. The summed E-state index contributed by atoms with van der Waals surface area (Å²) in [5.74, 6) is 0.967. The van der Waals surface area contributed by atoms with Gasteiger partial charge in [-0.25, -0.2) is 0 Å². The molecule has 3 rings (SSSR count). The lowest BCUT2D eigenvalue weighted by atomic mass is 9.88. The van der Waals surface area contributed by atoms with Gasteiger partial charge in [0.1, 0.15) is 5.75 Å². The molecule has 2 aromatic carbocycles. The number of ether oxygens (including phenoxy) is 1. The second-order valence-electron chi connectivity index (χ2n) is 8.74. The van der Waals surface area contributed by atoms with E-state index < -0.39 is 0 Å². The zero-order chi connectivity index (χ0) is 24.8. The summed E-state index contributed by atoms with van der Waals surface area (Å²) in [7, 11) is 0. The molecule has 1 fully saturated rings. The fourth-order valence-electron chi connectivity index (χ4n) is 4.30. The molecule has 34 heavy (non-hydrogen) atoms. The maximum absolute atomic E-state index is 12.9. The van der Waals surface area contributed by atoms with Crippen molar-refractivity contribution in [1.29, 1.82) is 5.26 Å². The number of anilines is 1. The molecule has 1 heterocycles. The number of nitrogens with one attached hydrogen (secondary N) is 1. The van der Waals surface area contributed by atoms with Crippen molar-refractivity contribution in [3.05, 3.63) is 58.7 Å². The molecule has 2 aromatic rings. The van der Waals surface area contributed by atoms with Gasteiger partial charge in [0.2, 0.25) is 0 Å². The number of aryl methyl sites for hydroxylation is 1. The highest BCUT2D eigenvalue weighted by molar-refractivity contribution is 14.3. The van der Waals surface area contributed by atoms with E-state index in [1.165, 1.54) is 0 Å². The van der Waals surface area contributed by atoms with Crippen molar-refractivity contribution in [2.75, 3.05) is 18.4 Å². The lowest BCUT2D eigenvalue weighted by Gasteiger charge is -2.39. The van der Waals surface area contributed by atoms with Gasteiger partial charge in [-0.1, -0.05) is 70.4 Å². The number of halogens is 2. The van der Waals surface area contributed by atoms with Gasteiger partial charge in [0.25, 0.3) is 5.91 Å². The molecule has 0 aromatic heterocycles. The molecule has 0 bridgehead atoms. The zero-order valence-electron chi connectivity index (χ0n) is 19.7. The van der Waals surface area contributed by atoms with E-state index in [1.807, 2.05) is 25.1 Å². The van der Waals surface area contributed by atoms with Crippen LogP contribution < -0.4 is 10.1 Å². The summed E-state index contributed by atoms with van der Waals surface area (Å²) in [5, 5.41) is 22.4. The van der Waals surface area contributed by atoms with E-state index in [0.717, 1.165) is 36.5 Å². The van der Waals surface area contributed by atoms with Gasteiger partial charge in [-0.2, -0.15) is 5.26 Å². The van der Waals surface area contributed by atoms with Crippen LogP contribution in [0.4, 0.5) is 5.69 Å². The molecule has 0 spiro atoms. The summed E-state index contributed by atoms with van der Waals surface area (Å²) in [6.07, 6.45) is -0.272. The van der Waals surface area contributed by atoms with E-state index in [-0.39, 0.29) is 67.4 Å². The number of alkyl halides is 2. The Labute approximate surface area is 221 Å². The Balaban J connectivity index is 1.84. The largest absolute Gasteiger partial charge is 0.471 e. The number of aliphatic hydroxyl groups excluding tert-OH is 1. The summed E-state index contributed by atoms with van der Waals surface area (Å²) in [6.45, 7) is 8.38. The molecule has 6 nitrogen and oxygen atoms in total. The van der Waals surface area contributed by atoms with E-state index in [4.69, 9.17) is 10.00 Å². The second kappa shape index (κ2) is 12.3. The molecule has 2 N–H and O–H groups in total. The summed E-state index contributed by atoms with van der Waals surface area (Å²) >= 11 is -0.717. The Hall–Kier alpha value is -1.68. The third kappa shape index (κ3) is 6.71. The van der Waals surface area contributed by atoms with Crippen LogP contribution in [-0.4, -0.2) is 46.3 Å². The predicted octanol–water partition coefficient (Wildman–Crippen LogP) is 5.04. The average Bonchev–Trinajstić information content (AvgIpc) is 2.82. The number of rotatable bonds is 8. The van der Waals surface area contributed by atoms with Gasteiger partial charge in [0.15, 0.2) is 2.12 Å². The van der Waals surface area contributed by atoms with Crippen LogP contribution in [-0.2, 0) is 6.54 Å². The molecule has 0 saturated carbocycles. The van der Waals surface area contributed by atoms with Gasteiger partial charge < -0.3 is 15.2 Å². The van der Waals surface area contributed by atoms with Crippen LogP contribution in [0.5, 0.6) is 5.75 Å². The minimum atomic E-state index is -0.358. The van der Waals surface area contributed by atoms with Crippen LogP contribution in [0.25, 0.3) is 0 Å². The standard InChI is InChI=1S/C26H31I2N3O3/c1-16-10-19(12-29)6-9-22(16)25(33)30-21-8-7-20(23(11-21)34-26(27-4)28-5)15-31-13-17(2)24(32)18(3)14-31/h6-11,17-18,24,26,32H,4-5,13-15H2,1-3H3,(H,30,33)/t17-,18+,24?. The molecule has 8 heteroatoms. The van der Waals surface area contributed by atoms with Gasteiger partial charge >= 0.3 is 0 Å². The highest BCUT2D eigenvalue weighted by Gasteiger charge is 2.30. The summed E-state index contributed by atoms with van der Waals surface area (Å²) in [6, 6.07) is 12.9. The van der Waals surface area contributed by atoms with Crippen LogP contribution in [0.15, 0.2) is 36.4 Å². The van der Waals surface area contributed by atoms with Crippen LogP contribution in [0, 0.1) is 30.1 Å². The first kappa shape index (κ1) is 26.9. The minimum absolute atomic E-state index is 0.101. The summed E-state index contributed by atoms with van der Waals surface area (Å²) < 4.78 is 14.7. The quantitative estimate of drug-likeness (QED) is 0.301. The number of likely N-dealkylation sites (tertiary alicyclic amines) is 1. The van der Waals surface area contributed by atoms with Crippen molar-refractivity contribution >= 4 is 62.1 Å². The van der Waals surface area contributed by atoms with Crippen molar-refractivity contribution in [2.45, 2.75) is 35.5 Å². The van der Waals surface area contributed by atoms with Crippen LogP contribution in [0.2, 0.25) is 0 Å². The van der Waals surface area contributed by atoms with E-state index in [1.54, 1.807) is 18.2 Å². The lowest BCUT2D eigenvalue weighted by Crippen LogP contribution is -2.46. The third-order valence-corrected chi connectivity index (χ3v) is 12.4. The number of benzene rings is 2. The number of hydrogen-bond donors (Lipinski definition) is 2. The third-order valence-electron chi connectivity index (χ3n) is 6.04. The van der Waals surface area contributed by atoms with Crippen molar-refractivity contribution < 1.29 is 14.6 Å². The SMILES string of the molecule is C=IC(Oc1cc(NC(=O)c2ccc(C#N)cc2C)ccc1CN1C[C@@H](C)C(O)[C@@H](C)C1)I=C. The summed E-state index contributed by atoms with van der Waals surface area (Å²) in [5.41, 5.74) is 3.53. The summed E-state index contributed by atoms with van der Waals surface area (Å²) in [4.78, 5) is 15.3. The number of amides is 1. The Bertz CT molecular complexity index is 1090.